The fourth-order valence-electron chi connectivity index (χ4n) is 4.42. The highest BCUT2D eigenvalue weighted by Crippen LogP contribution is 2.39. The number of aromatic nitrogens is 1. The maximum atomic E-state index is 13.3. The smallest absolute Gasteiger partial charge is 0.319 e. The van der Waals surface area contributed by atoms with E-state index in [-0.39, 0.29) is 27.8 Å². The molecule has 180 valence electrons. The summed E-state index contributed by atoms with van der Waals surface area (Å²) in [5.74, 6) is 0.0360. The summed E-state index contributed by atoms with van der Waals surface area (Å²) in [6, 6.07) is 8.50. The van der Waals surface area contributed by atoms with Crippen LogP contribution >= 0.6 is 23.2 Å². The number of carbonyl (C=O) groups excluding carboxylic acids is 2. The fourth-order valence-corrected chi connectivity index (χ4v) is 4.88. The third-order valence-corrected chi connectivity index (χ3v) is 6.66. The molecule has 0 radical (unpaired) electrons. The van der Waals surface area contributed by atoms with Crippen LogP contribution in [0.5, 0.6) is 5.75 Å². The fraction of sp³-hybridized carbons (Fsp3) is 0.240. The number of carbonyl (C=O) groups is 2. The lowest BCUT2D eigenvalue weighted by molar-refractivity contribution is 0.102. The summed E-state index contributed by atoms with van der Waals surface area (Å²) >= 11 is 12.4. The summed E-state index contributed by atoms with van der Waals surface area (Å²) < 4.78 is 11.5. The molecular weight excluding hydrogens is 491 g/mol. The molecule has 2 aromatic heterocycles. The van der Waals surface area contributed by atoms with Gasteiger partial charge in [0.05, 0.1) is 28.4 Å². The average molecular weight is 513 g/mol. The van der Waals surface area contributed by atoms with Gasteiger partial charge < -0.3 is 25.1 Å². The van der Waals surface area contributed by atoms with Gasteiger partial charge in [0.1, 0.15) is 5.58 Å². The van der Waals surface area contributed by atoms with Gasteiger partial charge in [-0.05, 0) is 43.2 Å². The molecule has 1 saturated carbocycles. The van der Waals surface area contributed by atoms with Crippen LogP contribution in [0.15, 0.2) is 47.1 Å². The molecule has 4 aromatic rings. The number of rotatable bonds is 5. The maximum absolute atomic E-state index is 13.3. The van der Waals surface area contributed by atoms with Gasteiger partial charge in [0.2, 0.25) is 0 Å². The van der Waals surface area contributed by atoms with Gasteiger partial charge in [0.25, 0.3) is 5.91 Å². The Morgan fingerprint density at radius 3 is 2.51 bits per heavy atom. The Morgan fingerprint density at radius 1 is 1.06 bits per heavy atom. The first-order chi connectivity index (χ1) is 16.9. The minimum atomic E-state index is -0.437. The second kappa shape index (κ2) is 9.64. The number of amides is 3. The number of hydrogen-bond donors (Lipinski definition) is 3. The van der Waals surface area contributed by atoms with E-state index >= 15 is 0 Å². The second-order valence-electron chi connectivity index (χ2n) is 8.34. The monoisotopic (exact) mass is 512 g/mol. The van der Waals surface area contributed by atoms with Crippen LogP contribution in [0.25, 0.3) is 21.9 Å². The van der Waals surface area contributed by atoms with Gasteiger partial charge >= 0.3 is 6.03 Å². The molecule has 0 aliphatic heterocycles. The lowest BCUT2D eigenvalue weighted by atomic mass is 10.0. The van der Waals surface area contributed by atoms with Crippen LogP contribution < -0.4 is 20.7 Å². The molecule has 0 spiro atoms. The van der Waals surface area contributed by atoms with Crippen molar-refractivity contribution in [1.82, 2.24) is 10.3 Å². The van der Waals surface area contributed by atoms with Gasteiger partial charge in [0.15, 0.2) is 11.3 Å². The number of ether oxygens (including phenoxy) is 1. The minimum Gasteiger partial charge on any atom is -0.493 e. The lowest BCUT2D eigenvalue weighted by Gasteiger charge is -2.13. The predicted molar refractivity (Wildman–Crippen MR) is 137 cm³/mol. The van der Waals surface area contributed by atoms with Crippen LogP contribution in [-0.2, 0) is 0 Å². The largest absolute Gasteiger partial charge is 0.493 e. The molecule has 0 atom stereocenters. The van der Waals surface area contributed by atoms with Gasteiger partial charge in [0, 0.05) is 34.9 Å². The molecule has 35 heavy (non-hydrogen) atoms. The van der Waals surface area contributed by atoms with Crippen molar-refractivity contribution in [3.05, 3.63) is 58.3 Å². The van der Waals surface area contributed by atoms with Crippen LogP contribution in [0.1, 0.15) is 36.0 Å². The SMILES string of the molecule is COc1ccc(C(=O)Nc2c(Cl)cncc2Cl)c2c1oc1ccc(NC(=O)NC3CCCC3)cc12. The number of pyridine rings is 1. The Bertz CT molecular complexity index is 1430. The number of anilines is 2. The van der Waals surface area contributed by atoms with Crippen molar-refractivity contribution < 1.29 is 18.7 Å². The van der Waals surface area contributed by atoms with Crippen molar-refractivity contribution >= 4 is 68.5 Å². The van der Waals surface area contributed by atoms with Crippen LogP contribution in [0.3, 0.4) is 0 Å². The maximum Gasteiger partial charge on any atom is 0.319 e. The van der Waals surface area contributed by atoms with Gasteiger partial charge in [-0.25, -0.2) is 4.79 Å². The first kappa shape index (κ1) is 23.3. The summed E-state index contributed by atoms with van der Waals surface area (Å²) in [5.41, 5.74) is 2.12. The molecule has 3 amide bonds. The highest BCUT2D eigenvalue weighted by atomic mass is 35.5. The molecule has 1 aliphatic rings. The molecule has 0 bridgehead atoms. The number of fused-ring (bicyclic) bond motifs is 3. The second-order valence-corrected chi connectivity index (χ2v) is 9.16. The van der Waals surface area contributed by atoms with Gasteiger partial charge in [-0.1, -0.05) is 36.0 Å². The zero-order valence-corrected chi connectivity index (χ0v) is 20.3. The summed E-state index contributed by atoms with van der Waals surface area (Å²) in [4.78, 5) is 29.7. The molecule has 1 aliphatic carbocycles. The summed E-state index contributed by atoms with van der Waals surface area (Å²) in [6.45, 7) is 0. The van der Waals surface area contributed by atoms with E-state index in [0.717, 1.165) is 25.7 Å². The Morgan fingerprint density at radius 2 is 1.80 bits per heavy atom. The van der Waals surface area contributed by atoms with Crippen LogP contribution in [0, 0.1) is 0 Å². The van der Waals surface area contributed by atoms with Crippen molar-refractivity contribution in [2.24, 2.45) is 0 Å². The first-order valence-electron chi connectivity index (χ1n) is 11.2. The predicted octanol–water partition coefficient (Wildman–Crippen LogP) is 6.61. The topological polar surface area (TPSA) is 105 Å². The number of nitrogens with zero attached hydrogens (tertiary/aromatic N) is 1. The van der Waals surface area contributed by atoms with Gasteiger partial charge in [-0.15, -0.1) is 0 Å². The lowest BCUT2D eigenvalue weighted by Crippen LogP contribution is -2.36. The number of hydrogen-bond acceptors (Lipinski definition) is 5. The van der Waals surface area contributed by atoms with Gasteiger partial charge in [-0.3, -0.25) is 9.78 Å². The van der Waals surface area contributed by atoms with Crippen molar-refractivity contribution in [3.8, 4) is 5.75 Å². The van der Waals surface area contributed by atoms with E-state index in [9.17, 15) is 9.59 Å². The Labute approximate surface area is 210 Å². The van der Waals surface area contributed by atoms with E-state index in [1.807, 2.05) is 0 Å². The van der Waals surface area contributed by atoms with Crippen molar-refractivity contribution in [2.75, 3.05) is 17.7 Å². The Hall–Kier alpha value is -3.49. The highest BCUT2D eigenvalue weighted by Gasteiger charge is 2.22. The standard InChI is InChI=1S/C25H22Cl2N4O4/c1-34-20-9-7-15(24(32)31-22-17(26)11-28-12-18(22)27)21-16-10-14(6-8-19(16)35-23(20)21)30-25(33)29-13-4-2-3-5-13/h6-13H,2-5H2,1H3,(H,28,31,32)(H2,29,30,33). The molecule has 8 nitrogen and oxygen atoms in total. The van der Waals surface area contributed by atoms with E-state index in [1.54, 1.807) is 30.3 Å². The molecule has 2 aromatic carbocycles. The molecule has 0 unspecified atom stereocenters. The molecule has 2 heterocycles. The van der Waals surface area contributed by atoms with Gasteiger partial charge in [-0.2, -0.15) is 0 Å². The van der Waals surface area contributed by atoms with E-state index in [4.69, 9.17) is 32.4 Å². The van der Waals surface area contributed by atoms with Crippen LogP contribution in [0.4, 0.5) is 16.2 Å². The Kier molecular flexibility index (Phi) is 6.40. The molecule has 0 saturated heterocycles. The number of halogens is 2. The van der Waals surface area contributed by atoms with Crippen molar-refractivity contribution in [1.29, 1.82) is 0 Å². The third-order valence-electron chi connectivity index (χ3n) is 6.09. The Balaban J connectivity index is 1.53. The number of urea groups is 1. The average Bonchev–Trinajstić information content (AvgIpc) is 3.48. The highest BCUT2D eigenvalue weighted by molar-refractivity contribution is 6.40. The molecule has 5 rings (SSSR count). The quantitative estimate of drug-likeness (QED) is 0.278. The van der Waals surface area contributed by atoms with E-state index in [1.165, 1.54) is 19.5 Å². The summed E-state index contributed by atoms with van der Waals surface area (Å²) in [6.07, 6.45) is 7.02. The normalized spacial score (nSPS) is 13.8. The number of nitrogens with one attached hydrogen (secondary N) is 3. The van der Waals surface area contributed by atoms with E-state index < -0.39 is 5.91 Å². The van der Waals surface area contributed by atoms with Crippen molar-refractivity contribution in [2.45, 2.75) is 31.7 Å². The summed E-state index contributed by atoms with van der Waals surface area (Å²) in [5, 5.41) is 10.3. The molecule has 1 fully saturated rings. The van der Waals surface area contributed by atoms with Crippen molar-refractivity contribution in [3.63, 3.8) is 0 Å². The van der Waals surface area contributed by atoms with Crippen LogP contribution in [0.2, 0.25) is 10.0 Å². The number of benzene rings is 2. The number of furan rings is 1. The third kappa shape index (κ3) is 4.59. The molecular formula is C25H22Cl2N4O4. The minimum absolute atomic E-state index is 0.194. The zero-order chi connectivity index (χ0) is 24.5. The zero-order valence-electron chi connectivity index (χ0n) is 18.8. The first-order valence-corrected chi connectivity index (χ1v) is 11.9. The van der Waals surface area contributed by atoms with E-state index in [0.29, 0.717) is 38.9 Å². The summed E-state index contributed by atoms with van der Waals surface area (Å²) in [7, 11) is 1.53. The molecule has 10 heteroatoms. The van der Waals surface area contributed by atoms with E-state index in [2.05, 4.69) is 20.9 Å². The number of methoxy groups -OCH3 is 1. The van der Waals surface area contributed by atoms with Crippen LogP contribution in [-0.4, -0.2) is 30.1 Å². The molecule has 3 N–H and O–H groups in total.